The molecule has 0 radical (unpaired) electrons. The second-order valence-electron chi connectivity index (χ2n) is 6.37. The summed E-state index contributed by atoms with van der Waals surface area (Å²) in [7, 11) is 0. The summed E-state index contributed by atoms with van der Waals surface area (Å²) in [6.07, 6.45) is 5.22. The summed E-state index contributed by atoms with van der Waals surface area (Å²) in [5.41, 5.74) is 2.16. The summed E-state index contributed by atoms with van der Waals surface area (Å²) in [5.74, 6) is 0. The lowest BCUT2D eigenvalue weighted by molar-refractivity contribution is -0.120. The van der Waals surface area contributed by atoms with E-state index in [1.54, 1.807) is 0 Å². The van der Waals surface area contributed by atoms with Gasteiger partial charge in [0.15, 0.2) is 0 Å². The van der Waals surface area contributed by atoms with Gasteiger partial charge >= 0.3 is 0 Å². The van der Waals surface area contributed by atoms with Crippen LogP contribution in [0, 0.1) is 0 Å². The quantitative estimate of drug-likeness (QED) is 0.720. The van der Waals surface area contributed by atoms with Gasteiger partial charge in [0.1, 0.15) is 0 Å². The summed E-state index contributed by atoms with van der Waals surface area (Å²) in [6, 6.07) is 8.97. The normalized spacial score (nSPS) is 44.3. The highest BCUT2D eigenvalue weighted by Gasteiger charge is 2.64. The number of nitrogens with one attached hydrogen (secondary N) is 1. The van der Waals surface area contributed by atoms with E-state index in [1.807, 2.05) is 0 Å². The number of fused-ring (bicyclic) bond motifs is 1. The van der Waals surface area contributed by atoms with Gasteiger partial charge in [-0.25, -0.2) is 0 Å². The highest BCUT2D eigenvalue weighted by Crippen LogP contribution is 2.58. The van der Waals surface area contributed by atoms with Crippen molar-refractivity contribution in [1.82, 2.24) is 5.32 Å². The molecule has 1 aromatic carbocycles. The van der Waals surface area contributed by atoms with E-state index in [0.29, 0.717) is 4.83 Å². The molecule has 2 nitrogen and oxygen atoms in total. The molecule has 1 heterocycles. The summed E-state index contributed by atoms with van der Waals surface area (Å²) >= 11 is 3.93. The van der Waals surface area contributed by atoms with E-state index in [1.165, 1.54) is 17.5 Å². The van der Waals surface area contributed by atoms with Crippen LogP contribution >= 0.6 is 15.9 Å². The van der Waals surface area contributed by atoms with Crippen LogP contribution in [0.3, 0.4) is 0 Å². The third-order valence-electron chi connectivity index (χ3n) is 5.73. The molecular weight excluding hydrogens is 302 g/mol. The number of piperidine rings is 1. The first kappa shape index (κ1) is 12.4. The average molecular weight is 322 g/mol. The Balaban J connectivity index is 1.99. The molecule has 1 saturated heterocycles. The zero-order valence-electron chi connectivity index (χ0n) is 11.0. The highest BCUT2D eigenvalue weighted by molar-refractivity contribution is 9.09. The Bertz CT molecular complexity index is 519. The van der Waals surface area contributed by atoms with E-state index in [9.17, 15) is 5.11 Å². The van der Waals surface area contributed by atoms with E-state index in [4.69, 9.17) is 0 Å². The maximum Gasteiger partial charge on any atom is 0.0910 e. The summed E-state index contributed by atoms with van der Waals surface area (Å²) in [5, 5.41) is 15.1. The molecule has 3 heteroatoms. The summed E-state index contributed by atoms with van der Waals surface area (Å²) < 4.78 is 0. The van der Waals surface area contributed by atoms with Gasteiger partial charge in [-0.1, -0.05) is 40.2 Å². The molecule has 0 spiro atoms. The monoisotopic (exact) mass is 321 g/mol. The Morgan fingerprint density at radius 1 is 1.26 bits per heavy atom. The zero-order chi connectivity index (χ0) is 13.1. The fourth-order valence-electron chi connectivity index (χ4n) is 4.89. The summed E-state index contributed by atoms with van der Waals surface area (Å²) in [6.45, 7) is 1.02. The van der Waals surface area contributed by atoms with Crippen molar-refractivity contribution in [2.75, 3.05) is 6.54 Å². The Labute approximate surface area is 122 Å². The lowest BCUT2D eigenvalue weighted by atomic mass is 9.50. The SMILES string of the molecule is O[C@@]12CCCC(Br)[C@@]13CCN[C@@H]2Cc1ccccc13. The first-order valence-corrected chi connectivity index (χ1v) is 8.28. The van der Waals surface area contributed by atoms with Crippen LogP contribution in [0.25, 0.3) is 0 Å². The Kier molecular flexibility index (Phi) is 2.64. The van der Waals surface area contributed by atoms with Crippen molar-refractivity contribution < 1.29 is 5.11 Å². The molecule has 3 aliphatic rings. The van der Waals surface area contributed by atoms with Crippen molar-refractivity contribution in [3.63, 3.8) is 0 Å². The molecule has 1 unspecified atom stereocenters. The molecule has 1 saturated carbocycles. The van der Waals surface area contributed by atoms with Crippen LogP contribution in [0.1, 0.15) is 36.8 Å². The molecule has 102 valence electrons. The van der Waals surface area contributed by atoms with Crippen LogP contribution in [0.5, 0.6) is 0 Å². The number of rotatable bonds is 0. The fraction of sp³-hybridized carbons (Fsp3) is 0.625. The molecule has 19 heavy (non-hydrogen) atoms. The lowest BCUT2D eigenvalue weighted by Crippen LogP contribution is -2.74. The van der Waals surface area contributed by atoms with Crippen molar-refractivity contribution in [2.45, 2.75) is 54.0 Å². The standard InChI is InChI=1S/C16H20BrNO/c17-13-6-3-7-16(19)14-10-11-4-1-2-5-12(11)15(13,16)8-9-18-14/h1-2,4-5,13-14,18-19H,3,6-10H2/t13?,14-,15+,16-/m1/s1. The van der Waals surface area contributed by atoms with E-state index < -0.39 is 5.60 Å². The van der Waals surface area contributed by atoms with Crippen LogP contribution in [0.15, 0.2) is 24.3 Å². The molecule has 0 aromatic heterocycles. The maximum atomic E-state index is 11.5. The Hall–Kier alpha value is -0.380. The number of hydrogen-bond donors (Lipinski definition) is 2. The number of halogens is 1. The third kappa shape index (κ3) is 1.39. The minimum Gasteiger partial charge on any atom is -0.387 e. The van der Waals surface area contributed by atoms with Gasteiger partial charge < -0.3 is 10.4 Å². The van der Waals surface area contributed by atoms with Crippen LogP contribution < -0.4 is 5.32 Å². The first-order chi connectivity index (χ1) is 9.18. The molecular formula is C16H20BrNO. The van der Waals surface area contributed by atoms with Gasteiger partial charge in [0, 0.05) is 16.3 Å². The van der Waals surface area contributed by atoms with Gasteiger partial charge in [-0.15, -0.1) is 0 Å². The molecule has 0 amide bonds. The van der Waals surface area contributed by atoms with Crippen LogP contribution in [0.4, 0.5) is 0 Å². The van der Waals surface area contributed by atoms with Gasteiger partial charge in [-0.2, -0.15) is 0 Å². The topological polar surface area (TPSA) is 32.3 Å². The second-order valence-corrected chi connectivity index (χ2v) is 7.48. The van der Waals surface area contributed by atoms with Crippen LogP contribution in [0.2, 0.25) is 0 Å². The van der Waals surface area contributed by atoms with E-state index in [0.717, 1.165) is 32.2 Å². The van der Waals surface area contributed by atoms with Crippen LogP contribution in [-0.2, 0) is 11.8 Å². The minimum absolute atomic E-state index is 0.0873. The lowest BCUT2D eigenvalue weighted by Gasteiger charge is -2.63. The van der Waals surface area contributed by atoms with Gasteiger partial charge in [0.05, 0.1) is 5.60 Å². The van der Waals surface area contributed by atoms with Crippen molar-refractivity contribution in [2.24, 2.45) is 0 Å². The number of hydrogen-bond acceptors (Lipinski definition) is 2. The maximum absolute atomic E-state index is 11.5. The van der Waals surface area contributed by atoms with Gasteiger partial charge in [-0.3, -0.25) is 0 Å². The van der Waals surface area contributed by atoms with E-state index >= 15 is 0 Å². The average Bonchev–Trinajstić information content (AvgIpc) is 2.39. The van der Waals surface area contributed by atoms with Crippen molar-refractivity contribution in [3.05, 3.63) is 35.4 Å². The Morgan fingerprint density at radius 3 is 3.00 bits per heavy atom. The second kappa shape index (κ2) is 4.06. The summed E-state index contributed by atoms with van der Waals surface area (Å²) in [4.78, 5) is 0.393. The van der Waals surface area contributed by atoms with Gasteiger partial charge in [0.2, 0.25) is 0 Å². The molecule has 1 aromatic rings. The van der Waals surface area contributed by atoms with Crippen molar-refractivity contribution in [1.29, 1.82) is 0 Å². The largest absolute Gasteiger partial charge is 0.387 e. The fourth-order valence-corrected chi connectivity index (χ4v) is 6.09. The van der Waals surface area contributed by atoms with E-state index in [-0.39, 0.29) is 11.5 Å². The first-order valence-electron chi connectivity index (χ1n) is 7.37. The molecule has 4 rings (SSSR count). The van der Waals surface area contributed by atoms with Crippen LogP contribution in [-0.4, -0.2) is 28.1 Å². The molecule has 2 bridgehead atoms. The Morgan fingerprint density at radius 2 is 2.11 bits per heavy atom. The van der Waals surface area contributed by atoms with Gasteiger partial charge in [0.25, 0.3) is 0 Å². The molecule has 2 aliphatic carbocycles. The van der Waals surface area contributed by atoms with E-state index in [2.05, 4.69) is 45.5 Å². The molecule has 2 fully saturated rings. The molecule has 1 aliphatic heterocycles. The number of alkyl halides is 1. The van der Waals surface area contributed by atoms with Gasteiger partial charge in [-0.05, 0) is 49.8 Å². The predicted octanol–water partition coefficient (Wildman–Crippen LogP) is 2.52. The minimum atomic E-state index is -0.577. The van der Waals surface area contributed by atoms with Crippen molar-refractivity contribution >= 4 is 15.9 Å². The zero-order valence-corrected chi connectivity index (χ0v) is 12.6. The smallest absolute Gasteiger partial charge is 0.0910 e. The van der Waals surface area contributed by atoms with Crippen molar-refractivity contribution in [3.8, 4) is 0 Å². The third-order valence-corrected chi connectivity index (χ3v) is 6.97. The molecule has 4 atom stereocenters. The highest BCUT2D eigenvalue weighted by atomic mass is 79.9. The molecule has 2 N–H and O–H groups in total. The number of aliphatic hydroxyl groups is 1. The number of benzene rings is 1. The predicted molar refractivity (Wildman–Crippen MR) is 79.7 cm³/mol.